The molecule has 1 amide bonds. The third-order valence-corrected chi connectivity index (χ3v) is 5.85. The van der Waals surface area contributed by atoms with Crippen LogP contribution in [-0.2, 0) is 14.8 Å². The SMILES string of the molecule is Cc1ccc(C)c(OCCNC(=O)CN(c2cccc(Cl)c2Cl)S(C)(=O)=O)c1. The second kappa shape index (κ2) is 9.49. The Morgan fingerprint density at radius 1 is 1.18 bits per heavy atom. The molecule has 0 saturated heterocycles. The van der Waals surface area contributed by atoms with E-state index >= 15 is 0 Å². The van der Waals surface area contributed by atoms with Gasteiger partial charge in [-0.15, -0.1) is 0 Å². The molecule has 0 spiro atoms. The molecule has 0 radical (unpaired) electrons. The largest absolute Gasteiger partial charge is 0.491 e. The van der Waals surface area contributed by atoms with Crippen LogP contribution in [0.5, 0.6) is 5.75 Å². The molecule has 0 heterocycles. The molecule has 1 N–H and O–H groups in total. The van der Waals surface area contributed by atoms with Crippen molar-refractivity contribution in [2.24, 2.45) is 0 Å². The number of amides is 1. The summed E-state index contributed by atoms with van der Waals surface area (Å²) < 4.78 is 30.9. The third-order valence-electron chi connectivity index (χ3n) is 3.91. The lowest BCUT2D eigenvalue weighted by Crippen LogP contribution is -2.41. The summed E-state index contributed by atoms with van der Waals surface area (Å²) in [6, 6.07) is 10.5. The van der Waals surface area contributed by atoms with Crippen LogP contribution < -0.4 is 14.4 Å². The highest BCUT2D eigenvalue weighted by molar-refractivity contribution is 7.92. The molecule has 28 heavy (non-hydrogen) atoms. The number of carbonyl (C=O) groups is 1. The number of anilines is 1. The quantitative estimate of drug-likeness (QED) is 0.631. The van der Waals surface area contributed by atoms with Crippen LogP contribution in [0.15, 0.2) is 36.4 Å². The first-order valence-electron chi connectivity index (χ1n) is 8.48. The smallest absolute Gasteiger partial charge is 0.240 e. The first-order chi connectivity index (χ1) is 13.1. The van der Waals surface area contributed by atoms with E-state index in [2.05, 4.69) is 5.32 Å². The Hall–Kier alpha value is -1.96. The van der Waals surface area contributed by atoms with Crippen LogP contribution in [0.4, 0.5) is 5.69 Å². The van der Waals surface area contributed by atoms with Gasteiger partial charge in [0.15, 0.2) is 0 Å². The monoisotopic (exact) mass is 444 g/mol. The molecule has 0 unspecified atom stereocenters. The van der Waals surface area contributed by atoms with Crippen LogP contribution in [0, 0.1) is 13.8 Å². The summed E-state index contributed by atoms with van der Waals surface area (Å²) in [7, 11) is -3.74. The molecular formula is C19H22Cl2N2O4S. The third kappa shape index (κ3) is 6.02. The van der Waals surface area contributed by atoms with Crippen molar-refractivity contribution < 1.29 is 17.9 Å². The van der Waals surface area contributed by atoms with Gasteiger partial charge in [0, 0.05) is 0 Å². The summed E-state index contributed by atoms with van der Waals surface area (Å²) in [5.41, 5.74) is 2.22. The molecule has 0 aliphatic rings. The second-order valence-electron chi connectivity index (χ2n) is 6.31. The molecule has 0 aliphatic carbocycles. The van der Waals surface area contributed by atoms with E-state index in [1.165, 1.54) is 6.07 Å². The molecular weight excluding hydrogens is 423 g/mol. The Morgan fingerprint density at radius 2 is 1.89 bits per heavy atom. The fourth-order valence-electron chi connectivity index (χ4n) is 2.47. The topological polar surface area (TPSA) is 75.7 Å². The Bertz CT molecular complexity index is 964. The Kier molecular flexibility index (Phi) is 7.57. The van der Waals surface area contributed by atoms with Crippen molar-refractivity contribution in [1.29, 1.82) is 0 Å². The van der Waals surface area contributed by atoms with Gasteiger partial charge in [-0.2, -0.15) is 0 Å². The number of rotatable bonds is 8. The Balaban J connectivity index is 1.97. The van der Waals surface area contributed by atoms with Gasteiger partial charge in [-0.05, 0) is 43.2 Å². The van der Waals surface area contributed by atoms with Crippen LogP contribution in [0.25, 0.3) is 0 Å². The standard InChI is InChI=1S/C19H22Cl2N2O4S/c1-13-7-8-14(2)17(11-13)27-10-9-22-18(24)12-23(28(3,25)26)16-6-4-5-15(20)19(16)21/h4-8,11H,9-10,12H2,1-3H3,(H,22,24). The molecule has 0 aromatic heterocycles. The van der Waals surface area contributed by atoms with Crippen LogP contribution >= 0.6 is 23.2 Å². The van der Waals surface area contributed by atoms with E-state index in [1.54, 1.807) is 12.1 Å². The molecule has 0 fully saturated rings. The van der Waals surface area contributed by atoms with Crippen molar-refractivity contribution >= 4 is 44.8 Å². The molecule has 152 valence electrons. The number of nitrogens with one attached hydrogen (secondary N) is 1. The molecule has 0 bridgehead atoms. The molecule has 0 aliphatic heterocycles. The van der Waals surface area contributed by atoms with Crippen molar-refractivity contribution in [3.05, 3.63) is 57.6 Å². The minimum absolute atomic E-state index is 0.0700. The highest BCUT2D eigenvalue weighted by Crippen LogP contribution is 2.33. The van der Waals surface area contributed by atoms with Gasteiger partial charge in [0.05, 0.1) is 28.5 Å². The molecule has 2 aromatic carbocycles. The first-order valence-corrected chi connectivity index (χ1v) is 11.1. The maximum absolute atomic E-state index is 12.3. The maximum atomic E-state index is 12.3. The van der Waals surface area contributed by atoms with Crippen molar-refractivity contribution in [3.8, 4) is 5.75 Å². The van der Waals surface area contributed by atoms with Gasteiger partial charge in [-0.1, -0.05) is 41.4 Å². The van der Waals surface area contributed by atoms with Gasteiger partial charge >= 0.3 is 0 Å². The lowest BCUT2D eigenvalue weighted by atomic mass is 10.1. The van der Waals surface area contributed by atoms with Crippen molar-refractivity contribution in [3.63, 3.8) is 0 Å². The molecule has 9 heteroatoms. The predicted molar refractivity (Wildman–Crippen MR) is 113 cm³/mol. The average molecular weight is 445 g/mol. The molecule has 0 atom stereocenters. The number of carbonyl (C=O) groups excluding carboxylic acids is 1. The zero-order chi connectivity index (χ0) is 20.9. The summed E-state index contributed by atoms with van der Waals surface area (Å²) in [4.78, 5) is 12.3. The number of nitrogens with zero attached hydrogens (tertiary/aromatic N) is 1. The number of halogens is 2. The summed E-state index contributed by atoms with van der Waals surface area (Å²) in [5.74, 6) is 0.267. The molecule has 2 aromatic rings. The molecule has 2 rings (SSSR count). The number of hydrogen-bond acceptors (Lipinski definition) is 4. The van der Waals surface area contributed by atoms with Crippen molar-refractivity contribution in [1.82, 2.24) is 5.32 Å². The fourth-order valence-corrected chi connectivity index (χ4v) is 3.78. The van der Waals surface area contributed by atoms with E-state index in [0.29, 0.717) is 0 Å². The van der Waals surface area contributed by atoms with E-state index in [4.69, 9.17) is 27.9 Å². The zero-order valence-corrected chi connectivity index (χ0v) is 18.2. The average Bonchev–Trinajstić information content (AvgIpc) is 2.61. The number of ether oxygens (including phenoxy) is 1. The first kappa shape index (κ1) is 22.3. The van der Waals surface area contributed by atoms with E-state index in [-0.39, 0.29) is 28.9 Å². The highest BCUT2D eigenvalue weighted by Gasteiger charge is 2.23. The van der Waals surface area contributed by atoms with E-state index in [9.17, 15) is 13.2 Å². The van der Waals surface area contributed by atoms with Gasteiger partial charge in [-0.25, -0.2) is 8.42 Å². The van der Waals surface area contributed by atoms with E-state index in [1.807, 2.05) is 32.0 Å². The lowest BCUT2D eigenvalue weighted by molar-refractivity contribution is -0.119. The van der Waals surface area contributed by atoms with Crippen LogP contribution in [-0.4, -0.2) is 40.3 Å². The van der Waals surface area contributed by atoms with Gasteiger partial charge in [0.2, 0.25) is 15.9 Å². The maximum Gasteiger partial charge on any atom is 0.240 e. The Labute approximate surface area is 175 Å². The summed E-state index contributed by atoms with van der Waals surface area (Å²) >= 11 is 12.1. The highest BCUT2D eigenvalue weighted by atomic mass is 35.5. The molecule has 0 saturated carbocycles. The molecule has 6 nitrogen and oxygen atoms in total. The van der Waals surface area contributed by atoms with Crippen LogP contribution in [0.2, 0.25) is 10.0 Å². The minimum Gasteiger partial charge on any atom is -0.491 e. The summed E-state index contributed by atoms with van der Waals surface area (Å²) in [6.45, 7) is 3.98. The van der Waals surface area contributed by atoms with Gasteiger partial charge in [0.25, 0.3) is 0 Å². The van der Waals surface area contributed by atoms with Gasteiger partial charge in [-0.3, -0.25) is 9.10 Å². The summed E-state index contributed by atoms with van der Waals surface area (Å²) in [6.07, 6.45) is 1.00. The number of hydrogen-bond donors (Lipinski definition) is 1. The number of aryl methyl sites for hydroxylation is 2. The van der Waals surface area contributed by atoms with Gasteiger partial charge < -0.3 is 10.1 Å². The number of sulfonamides is 1. The van der Waals surface area contributed by atoms with E-state index < -0.39 is 22.5 Å². The van der Waals surface area contributed by atoms with Crippen molar-refractivity contribution in [2.75, 3.05) is 30.3 Å². The summed E-state index contributed by atoms with van der Waals surface area (Å²) in [5, 5.41) is 2.92. The number of benzene rings is 2. The Morgan fingerprint density at radius 3 is 2.57 bits per heavy atom. The second-order valence-corrected chi connectivity index (χ2v) is 9.00. The van der Waals surface area contributed by atoms with Crippen LogP contribution in [0.3, 0.4) is 0 Å². The lowest BCUT2D eigenvalue weighted by Gasteiger charge is -2.23. The minimum atomic E-state index is -3.74. The van der Waals surface area contributed by atoms with Crippen LogP contribution in [0.1, 0.15) is 11.1 Å². The normalized spacial score (nSPS) is 11.2. The predicted octanol–water partition coefficient (Wildman–Crippen LogP) is 3.57. The van der Waals surface area contributed by atoms with E-state index in [0.717, 1.165) is 27.4 Å². The van der Waals surface area contributed by atoms with Crippen molar-refractivity contribution in [2.45, 2.75) is 13.8 Å². The zero-order valence-electron chi connectivity index (χ0n) is 15.8. The van der Waals surface area contributed by atoms with Gasteiger partial charge in [0.1, 0.15) is 18.9 Å². The fraction of sp³-hybridized carbons (Fsp3) is 0.316.